The van der Waals surface area contributed by atoms with Crippen LogP contribution < -0.4 is 14.8 Å². The lowest BCUT2D eigenvalue weighted by Crippen LogP contribution is -2.26. The van der Waals surface area contributed by atoms with Gasteiger partial charge in [-0.1, -0.05) is 36.4 Å². The van der Waals surface area contributed by atoms with E-state index in [4.69, 9.17) is 14.2 Å². The fraction of sp³-hybridized carbons (Fsp3) is 0.208. The molecule has 1 unspecified atom stereocenters. The first kappa shape index (κ1) is 21.8. The van der Waals surface area contributed by atoms with Crippen molar-refractivity contribution in [2.24, 2.45) is 0 Å². The van der Waals surface area contributed by atoms with Gasteiger partial charge in [-0.15, -0.1) is 0 Å². The summed E-state index contributed by atoms with van der Waals surface area (Å²) in [5.41, 5.74) is 2.11. The average molecular weight is 420 g/mol. The predicted molar refractivity (Wildman–Crippen MR) is 116 cm³/mol. The number of pyridine rings is 1. The van der Waals surface area contributed by atoms with Crippen molar-refractivity contribution in [3.63, 3.8) is 0 Å². The molecule has 2 aromatic carbocycles. The van der Waals surface area contributed by atoms with Crippen molar-refractivity contribution < 1.29 is 23.8 Å². The van der Waals surface area contributed by atoms with Crippen molar-refractivity contribution in [2.45, 2.75) is 20.0 Å². The number of esters is 1. The van der Waals surface area contributed by atoms with Crippen LogP contribution in [0.15, 0.2) is 66.9 Å². The fourth-order valence-corrected chi connectivity index (χ4v) is 2.99. The topological polar surface area (TPSA) is 86.8 Å². The summed E-state index contributed by atoms with van der Waals surface area (Å²) in [5, 5.41) is 2.81. The molecule has 1 heterocycles. The second-order valence-corrected chi connectivity index (χ2v) is 6.68. The van der Waals surface area contributed by atoms with E-state index < -0.39 is 18.0 Å². The Kier molecular flexibility index (Phi) is 7.22. The zero-order chi connectivity index (χ0) is 22.2. The summed E-state index contributed by atoms with van der Waals surface area (Å²) in [6.45, 7) is 4.04. The number of benzene rings is 2. The molecule has 0 saturated carbocycles. The number of nitrogens with one attached hydrogen (secondary N) is 1. The number of hydrogen-bond acceptors (Lipinski definition) is 6. The Morgan fingerprint density at radius 1 is 1.06 bits per heavy atom. The fourth-order valence-electron chi connectivity index (χ4n) is 2.99. The first-order valence-corrected chi connectivity index (χ1v) is 9.82. The van der Waals surface area contributed by atoms with E-state index >= 15 is 0 Å². The summed E-state index contributed by atoms with van der Waals surface area (Å²) >= 11 is 0. The van der Waals surface area contributed by atoms with E-state index in [1.54, 1.807) is 55.5 Å². The zero-order valence-electron chi connectivity index (χ0n) is 17.6. The van der Waals surface area contributed by atoms with Gasteiger partial charge in [0.2, 0.25) is 12.0 Å². The standard InChI is InChI=1S/C24H24N2O5/c1-4-30-23-18(11-8-14-25-23)24(28)31-21(17-9-6-5-7-10-17)22(27)26-19-15-16(2)12-13-20(19)29-3/h5-15,21H,4H2,1-3H3,(H,26,27). The van der Waals surface area contributed by atoms with E-state index in [0.29, 0.717) is 23.6 Å². The number of nitrogens with zero attached hydrogens (tertiary/aromatic N) is 1. The molecular formula is C24H24N2O5. The Morgan fingerprint density at radius 3 is 2.55 bits per heavy atom. The number of anilines is 1. The molecule has 0 aliphatic rings. The minimum Gasteiger partial charge on any atom is -0.495 e. The first-order valence-electron chi connectivity index (χ1n) is 9.82. The van der Waals surface area contributed by atoms with Crippen LogP contribution in [0.5, 0.6) is 11.6 Å². The Bertz CT molecular complexity index is 1050. The number of ether oxygens (including phenoxy) is 3. The van der Waals surface area contributed by atoms with Gasteiger partial charge in [0.25, 0.3) is 5.91 Å². The number of aryl methyl sites for hydroxylation is 1. The van der Waals surface area contributed by atoms with Crippen LogP contribution in [0.2, 0.25) is 0 Å². The molecule has 3 aromatic rings. The molecule has 1 aromatic heterocycles. The van der Waals surface area contributed by atoms with Crippen molar-refractivity contribution in [1.29, 1.82) is 0 Å². The summed E-state index contributed by atoms with van der Waals surface area (Å²) in [4.78, 5) is 30.2. The van der Waals surface area contributed by atoms with Crippen molar-refractivity contribution in [3.05, 3.63) is 83.6 Å². The van der Waals surface area contributed by atoms with Crippen LogP contribution in [0.3, 0.4) is 0 Å². The van der Waals surface area contributed by atoms with E-state index in [-0.39, 0.29) is 11.4 Å². The zero-order valence-corrected chi connectivity index (χ0v) is 17.6. The van der Waals surface area contributed by atoms with Crippen molar-refractivity contribution >= 4 is 17.6 Å². The SMILES string of the molecule is CCOc1ncccc1C(=O)OC(C(=O)Nc1cc(C)ccc1OC)c1ccccc1. The van der Waals surface area contributed by atoms with Crippen LogP contribution in [0.4, 0.5) is 5.69 Å². The van der Waals surface area contributed by atoms with Crippen LogP contribution >= 0.6 is 0 Å². The van der Waals surface area contributed by atoms with E-state index in [1.165, 1.54) is 13.3 Å². The molecule has 1 amide bonds. The summed E-state index contributed by atoms with van der Waals surface area (Å²) in [6, 6.07) is 17.4. The smallest absolute Gasteiger partial charge is 0.344 e. The van der Waals surface area contributed by atoms with Gasteiger partial charge < -0.3 is 19.5 Å². The molecule has 0 saturated heterocycles. The highest BCUT2D eigenvalue weighted by Crippen LogP contribution is 2.28. The number of carbonyl (C=O) groups excluding carboxylic acids is 2. The summed E-state index contributed by atoms with van der Waals surface area (Å²) in [7, 11) is 1.52. The third kappa shape index (κ3) is 5.39. The highest BCUT2D eigenvalue weighted by Gasteiger charge is 2.28. The average Bonchev–Trinajstić information content (AvgIpc) is 2.78. The molecule has 7 nitrogen and oxygen atoms in total. The minimum atomic E-state index is -1.19. The van der Waals surface area contributed by atoms with Gasteiger partial charge in [0.05, 0.1) is 19.4 Å². The number of methoxy groups -OCH3 is 1. The summed E-state index contributed by atoms with van der Waals surface area (Å²) in [5.74, 6) is -0.562. The molecule has 1 N–H and O–H groups in total. The third-order valence-corrected chi connectivity index (χ3v) is 4.45. The Morgan fingerprint density at radius 2 is 1.84 bits per heavy atom. The van der Waals surface area contributed by atoms with Crippen molar-refractivity contribution in [3.8, 4) is 11.6 Å². The lowest BCUT2D eigenvalue weighted by Gasteiger charge is -2.19. The minimum absolute atomic E-state index is 0.145. The summed E-state index contributed by atoms with van der Waals surface area (Å²) < 4.78 is 16.4. The van der Waals surface area contributed by atoms with Crippen molar-refractivity contribution in [2.75, 3.05) is 19.0 Å². The number of amides is 1. The van der Waals surface area contributed by atoms with Gasteiger partial charge in [-0.2, -0.15) is 0 Å². The monoisotopic (exact) mass is 420 g/mol. The molecule has 160 valence electrons. The molecule has 3 rings (SSSR count). The quantitative estimate of drug-likeness (QED) is 0.546. The van der Waals surface area contributed by atoms with E-state index in [2.05, 4.69) is 10.3 Å². The first-order chi connectivity index (χ1) is 15.0. The van der Waals surface area contributed by atoms with Crippen LogP contribution in [0.1, 0.15) is 34.5 Å². The predicted octanol–water partition coefficient (Wildman–Crippen LogP) is 4.33. The van der Waals surface area contributed by atoms with Crippen LogP contribution in [0, 0.1) is 6.92 Å². The van der Waals surface area contributed by atoms with Gasteiger partial charge in [-0.25, -0.2) is 9.78 Å². The molecule has 0 bridgehead atoms. The van der Waals surface area contributed by atoms with Crippen LogP contribution in [-0.4, -0.2) is 30.6 Å². The number of rotatable bonds is 8. The number of aromatic nitrogens is 1. The maximum atomic E-state index is 13.2. The molecule has 0 radical (unpaired) electrons. The molecule has 0 fully saturated rings. The lowest BCUT2D eigenvalue weighted by atomic mass is 10.1. The van der Waals surface area contributed by atoms with Crippen LogP contribution in [0.25, 0.3) is 0 Å². The maximum Gasteiger partial charge on any atom is 0.344 e. The molecule has 0 aliphatic carbocycles. The molecule has 1 atom stereocenters. The second kappa shape index (κ2) is 10.2. The lowest BCUT2D eigenvalue weighted by molar-refractivity contribution is -0.125. The third-order valence-electron chi connectivity index (χ3n) is 4.45. The van der Waals surface area contributed by atoms with Crippen LogP contribution in [-0.2, 0) is 9.53 Å². The molecule has 7 heteroatoms. The molecule has 0 spiro atoms. The second-order valence-electron chi connectivity index (χ2n) is 6.68. The van der Waals surface area contributed by atoms with Gasteiger partial charge in [0, 0.05) is 11.8 Å². The van der Waals surface area contributed by atoms with Gasteiger partial charge in [0.15, 0.2) is 0 Å². The highest BCUT2D eigenvalue weighted by molar-refractivity contribution is 5.99. The molecule has 31 heavy (non-hydrogen) atoms. The van der Waals surface area contributed by atoms with E-state index in [1.807, 2.05) is 19.1 Å². The van der Waals surface area contributed by atoms with Gasteiger partial charge in [-0.05, 0) is 43.7 Å². The van der Waals surface area contributed by atoms with E-state index in [0.717, 1.165) is 5.56 Å². The molecule has 0 aliphatic heterocycles. The maximum absolute atomic E-state index is 13.2. The number of carbonyl (C=O) groups is 2. The summed E-state index contributed by atoms with van der Waals surface area (Å²) in [6.07, 6.45) is 0.335. The highest BCUT2D eigenvalue weighted by atomic mass is 16.6. The Balaban J connectivity index is 1.90. The largest absolute Gasteiger partial charge is 0.495 e. The normalized spacial score (nSPS) is 11.3. The van der Waals surface area contributed by atoms with Crippen molar-refractivity contribution in [1.82, 2.24) is 4.98 Å². The molecular weight excluding hydrogens is 396 g/mol. The van der Waals surface area contributed by atoms with Gasteiger partial charge in [0.1, 0.15) is 11.3 Å². The van der Waals surface area contributed by atoms with Gasteiger partial charge >= 0.3 is 5.97 Å². The van der Waals surface area contributed by atoms with Gasteiger partial charge in [-0.3, -0.25) is 4.79 Å². The van der Waals surface area contributed by atoms with E-state index in [9.17, 15) is 9.59 Å². The Hall–Kier alpha value is -3.87. The Labute approximate surface area is 181 Å². The number of hydrogen-bond donors (Lipinski definition) is 1.